The highest BCUT2D eigenvalue weighted by Gasteiger charge is 2.26. The van der Waals surface area contributed by atoms with Crippen LogP contribution in [-0.2, 0) is 6.42 Å². The van der Waals surface area contributed by atoms with Crippen LogP contribution in [0.2, 0.25) is 4.34 Å². The van der Waals surface area contributed by atoms with Crippen molar-refractivity contribution in [3.8, 4) is 0 Å². The van der Waals surface area contributed by atoms with Crippen molar-refractivity contribution in [1.29, 1.82) is 0 Å². The Kier molecular flexibility index (Phi) is 3.66. The first-order valence-electron chi connectivity index (χ1n) is 6.75. The molecule has 0 saturated carbocycles. The number of hydrogen-bond donors (Lipinski definition) is 1. The summed E-state index contributed by atoms with van der Waals surface area (Å²) in [4.78, 5) is 1.46. The molecule has 3 rings (SSSR count). The molecule has 0 aliphatic heterocycles. The van der Waals surface area contributed by atoms with E-state index in [0.29, 0.717) is 12.1 Å². The van der Waals surface area contributed by atoms with Crippen molar-refractivity contribution in [2.24, 2.45) is 0 Å². The largest absolute Gasteiger partial charge is 0.303 e. The van der Waals surface area contributed by atoms with E-state index in [-0.39, 0.29) is 0 Å². The second-order valence-electron chi connectivity index (χ2n) is 5.27. The average Bonchev–Trinajstić information content (AvgIpc) is 2.90. The third kappa shape index (κ3) is 2.58. The number of rotatable bonds is 3. The Morgan fingerprint density at radius 2 is 2.16 bits per heavy atom. The molecule has 100 valence electrons. The molecule has 19 heavy (non-hydrogen) atoms. The Balaban J connectivity index is 1.78. The zero-order valence-corrected chi connectivity index (χ0v) is 12.8. The van der Waals surface area contributed by atoms with Crippen LogP contribution in [0.25, 0.3) is 0 Å². The van der Waals surface area contributed by atoms with E-state index in [1.807, 2.05) is 0 Å². The molecule has 0 amide bonds. The minimum atomic E-state index is 0.371. The van der Waals surface area contributed by atoms with Gasteiger partial charge in [0.05, 0.1) is 4.34 Å². The molecule has 1 aliphatic rings. The molecule has 1 aromatic carbocycles. The van der Waals surface area contributed by atoms with Gasteiger partial charge in [0.15, 0.2) is 0 Å². The lowest BCUT2D eigenvalue weighted by atomic mass is 10.0. The maximum Gasteiger partial charge on any atom is 0.0934 e. The summed E-state index contributed by atoms with van der Waals surface area (Å²) >= 11 is 7.85. The molecule has 2 atom stereocenters. The maximum absolute atomic E-state index is 6.11. The monoisotopic (exact) mass is 291 g/mol. The molecular weight excluding hydrogens is 274 g/mol. The molecule has 0 bridgehead atoms. The van der Waals surface area contributed by atoms with Crippen molar-refractivity contribution in [3.63, 3.8) is 0 Å². The van der Waals surface area contributed by atoms with E-state index in [2.05, 4.69) is 49.5 Å². The van der Waals surface area contributed by atoms with Gasteiger partial charge in [-0.25, -0.2) is 0 Å². The van der Waals surface area contributed by atoms with E-state index in [1.165, 1.54) is 28.0 Å². The summed E-state index contributed by atoms with van der Waals surface area (Å²) in [6.07, 6.45) is 2.35. The Labute approximate surface area is 123 Å². The third-order valence-electron chi connectivity index (χ3n) is 3.95. The first kappa shape index (κ1) is 13.2. The van der Waals surface area contributed by atoms with Crippen molar-refractivity contribution in [1.82, 2.24) is 5.32 Å². The van der Waals surface area contributed by atoms with E-state index in [9.17, 15) is 0 Å². The van der Waals surface area contributed by atoms with Crippen LogP contribution in [0, 0.1) is 6.92 Å². The fourth-order valence-electron chi connectivity index (χ4n) is 2.97. The Bertz CT molecular complexity index is 590. The van der Waals surface area contributed by atoms with Gasteiger partial charge in [0.25, 0.3) is 0 Å². The molecule has 1 heterocycles. The standard InChI is InChI=1S/C16H18ClNS/c1-10-5-3-4-6-12(10)11(2)18-14-7-8-15-13(14)9-16(17)19-15/h3-6,9,11,14,18H,7-8H2,1-2H3/t11-,14?/m0/s1. The van der Waals surface area contributed by atoms with Crippen molar-refractivity contribution in [3.05, 3.63) is 56.2 Å². The smallest absolute Gasteiger partial charge is 0.0934 e. The highest BCUT2D eigenvalue weighted by molar-refractivity contribution is 7.16. The van der Waals surface area contributed by atoms with E-state index in [0.717, 1.165) is 10.8 Å². The van der Waals surface area contributed by atoms with Crippen molar-refractivity contribution in [2.75, 3.05) is 0 Å². The fraction of sp³-hybridized carbons (Fsp3) is 0.375. The van der Waals surface area contributed by atoms with Crippen LogP contribution in [0.1, 0.15) is 47.0 Å². The molecule has 1 N–H and O–H groups in total. The summed E-state index contributed by atoms with van der Waals surface area (Å²) < 4.78 is 0.917. The molecule has 1 nitrogen and oxygen atoms in total. The summed E-state index contributed by atoms with van der Waals surface area (Å²) in [5.74, 6) is 0. The first-order chi connectivity index (χ1) is 9.15. The molecule has 3 heteroatoms. The zero-order chi connectivity index (χ0) is 13.4. The minimum Gasteiger partial charge on any atom is -0.303 e. The lowest BCUT2D eigenvalue weighted by Gasteiger charge is -2.21. The van der Waals surface area contributed by atoms with Crippen LogP contribution in [-0.4, -0.2) is 0 Å². The van der Waals surface area contributed by atoms with Gasteiger partial charge in [0.1, 0.15) is 0 Å². The van der Waals surface area contributed by atoms with Gasteiger partial charge in [-0.1, -0.05) is 35.9 Å². The quantitative estimate of drug-likeness (QED) is 0.834. The van der Waals surface area contributed by atoms with Gasteiger partial charge in [-0.2, -0.15) is 0 Å². The van der Waals surface area contributed by atoms with Gasteiger partial charge in [-0.3, -0.25) is 0 Å². The van der Waals surface area contributed by atoms with E-state index in [4.69, 9.17) is 11.6 Å². The van der Waals surface area contributed by atoms with Crippen molar-refractivity contribution < 1.29 is 0 Å². The first-order valence-corrected chi connectivity index (χ1v) is 7.94. The van der Waals surface area contributed by atoms with Crippen LogP contribution in [0.4, 0.5) is 0 Å². The fourth-order valence-corrected chi connectivity index (χ4v) is 4.32. The number of aryl methyl sites for hydroxylation is 2. The molecular formula is C16H18ClNS. The molecule has 0 saturated heterocycles. The van der Waals surface area contributed by atoms with Crippen LogP contribution in [0.3, 0.4) is 0 Å². The Hall–Kier alpha value is -0.830. The summed E-state index contributed by atoms with van der Waals surface area (Å²) in [5.41, 5.74) is 4.15. The Morgan fingerprint density at radius 3 is 2.95 bits per heavy atom. The van der Waals surface area contributed by atoms with Gasteiger partial charge in [0, 0.05) is 17.0 Å². The minimum absolute atomic E-state index is 0.371. The number of hydrogen-bond acceptors (Lipinski definition) is 2. The normalized spacial score (nSPS) is 19.4. The van der Waals surface area contributed by atoms with Crippen molar-refractivity contribution in [2.45, 2.75) is 38.8 Å². The van der Waals surface area contributed by atoms with Crippen LogP contribution in [0.15, 0.2) is 30.3 Å². The molecule has 1 aliphatic carbocycles. The van der Waals surface area contributed by atoms with Gasteiger partial charge in [0.2, 0.25) is 0 Å². The predicted molar refractivity (Wildman–Crippen MR) is 83.1 cm³/mol. The molecule has 0 radical (unpaired) electrons. The molecule has 0 fully saturated rings. The van der Waals surface area contributed by atoms with E-state index >= 15 is 0 Å². The second-order valence-corrected chi connectivity index (χ2v) is 7.03. The van der Waals surface area contributed by atoms with Gasteiger partial charge in [-0.05, 0) is 49.4 Å². The van der Waals surface area contributed by atoms with Crippen LogP contribution < -0.4 is 5.32 Å². The predicted octanol–water partition coefficient (Wildman–Crippen LogP) is 5.05. The number of fused-ring (bicyclic) bond motifs is 1. The van der Waals surface area contributed by atoms with Gasteiger partial charge < -0.3 is 5.32 Å². The average molecular weight is 292 g/mol. The summed E-state index contributed by atoms with van der Waals surface area (Å²) in [6, 6.07) is 11.6. The molecule has 0 spiro atoms. The highest BCUT2D eigenvalue weighted by Crippen LogP contribution is 2.40. The van der Waals surface area contributed by atoms with Crippen LogP contribution in [0.5, 0.6) is 0 Å². The van der Waals surface area contributed by atoms with Crippen LogP contribution >= 0.6 is 22.9 Å². The SMILES string of the molecule is Cc1ccccc1[C@H](C)NC1CCc2sc(Cl)cc21. The summed E-state index contributed by atoms with van der Waals surface area (Å²) in [7, 11) is 0. The number of thiophene rings is 1. The zero-order valence-electron chi connectivity index (χ0n) is 11.2. The number of halogens is 1. The molecule has 1 unspecified atom stereocenters. The summed E-state index contributed by atoms with van der Waals surface area (Å²) in [6.45, 7) is 4.42. The number of benzene rings is 1. The van der Waals surface area contributed by atoms with Crippen molar-refractivity contribution >= 4 is 22.9 Å². The lowest BCUT2D eigenvalue weighted by Crippen LogP contribution is -2.23. The third-order valence-corrected chi connectivity index (χ3v) is 5.29. The number of nitrogens with one attached hydrogen (secondary N) is 1. The van der Waals surface area contributed by atoms with Gasteiger partial charge in [-0.15, -0.1) is 11.3 Å². The highest BCUT2D eigenvalue weighted by atomic mass is 35.5. The second kappa shape index (κ2) is 5.28. The molecule has 2 aromatic rings. The topological polar surface area (TPSA) is 12.0 Å². The Morgan fingerprint density at radius 1 is 1.37 bits per heavy atom. The summed E-state index contributed by atoms with van der Waals surface area (Å²) in [5, 5.41) is 3.75. The molecule has 1 aromatic heterocycles. The van der Waals surface area contributed by atoms with Gasteiger partial charge >= 0.3 is 0 Å². The maximum atomic E-state index is 6.11. The lowest BCUT2D eigenvalue weighted by molar-refractivity contribution is 0.464. The van der Waals surface area contributed by atoms with E-state index < -0.39 is 0 Å². The van der Waals surface area contributed by atoms with E-state index in [1.54, 1.807) is 11.3 Å².